The van der Waals surface area contributed by atoms with E-state index in [0.717, 1.165) is 30.9 Å². The lowest BCUT2D eigenvalue weighted by atomic mass is 10.0. The number of benzene rings is 2. The number of nitrogens with zero attached hydrogens (tertiary/aromatic N) is 2. The summed E-state index contributed by atoms with van der Waals surface area (Å²) in [4.78, 5) is 28.7. The van der Waals surface area contributed by atoms with Gasteiger partial charge in [-0.15, -0.1) is 0 Å². The van der Waals surface area contributed by atoms with E-state index >= 15 is 0 Å². The molecule has 0 aliphatic carbocycles. The molecule has 2 N–H and O–H groups in total. The molecule has 1 aromatic heterocycles. The fraction of sp³-hybridized carbons (Fsp3) is 0.333. The van der Waals surface area contributed by atoms with Crippen molar-refractivity contribution in [2.75, 3.05) is 13.1 Å². The van der Waals surface area contributed by atoms with Gasteiger partial charge in [-0.25, -0.2) is 8.78 Å². The molecule has 2 aliphatic rings. The molecule has 37 heavy (non-hydrogen) atoms. The van der Waals surface area contributed by atoms with E-state index in [-0.39, 0.29) is 47.7 Å². The lowest BCUT2D eigenvalue weighted by Gasteiger charge is -2.35. The molecular formula is C27H26ClF2N3O4. The average molecular weight is 530 g/mol. The summed E-state index contributed by atoms with van der Waals surface area (Å²) < 4.78 is 35.6. The number of amides is 1. The highest BCUT2D eigenvalue weighted by Gasteiger charge is 2.37. The zero-order chi connectivity index (χ0) is 26.1. The summed E-state index contributed by atoms with van der Waals surface area (Å²) in [5.41, 5.74) is 0.346. The van der Waals surface area contributed by atoms with Gasteiger partial charge in [0.15, 0.2) is 11.4 Å². The van der Waals surface area contributed by atoms with E-state index in [1.165, 1.54) is 12.3 Å². The van der Waals surface area contributed by atoms with E-state index in [2.05, 4.69) is 5.32 Å². The van der Waals surface area contributed by atoms with Gasteiger partial charge in [0, 0.05) is 31.4 Å². The van der Waals surface area contributed by atoms with E-state index in [1.807, 2.05) is 30.3 Å². The van der Waals surface area contributed by atoms with Gasteiger partial charge in [-0.05, 0) is 30.9 Å². The molecule has 3 aromatic rings. The van der Waals surface area contributed by atoms with E-state index < -0.39 is 28.3 Å². The number of halogens is 3. The van der Waals surface area contributed by atoms with Gasteiger partial charge in [0.05, 0.1) is 11.6 Å². The molecular weight excluding hydrogens is 504 g/mol. The number of aliphatic hydroxyl groups is 1. The minimum Gasteiger partial charge on any atom is -0.483 e. The number of carbonyl (C=O) groups is 1. The third-order valence-electron chi connectivity index (χ3n) is 6.87. The van der Waals surface area contributed by atoms with E-state index in [1.54, 1.807) is 9.47 Å². The van der Waals surface area contributed by atoms with Crippen LogP contribution in [0.4, 0.5) is 8.78 Å². The molecule has 1 amide bonds. The molecule has 0 spiro atoms. The second-order valence-corrected chi connectivity index (χ2v) is 9.67. The molecule has 194 valence electrons. The molecule has 10 heteroatoms. The average Bonchev–Trinajstić information content (AvgIpc) is 3.13. The van der Waals surface area contributed by atoms with Crippen molar-refractivity contribution in [3.8, 4) is 5.75 Å². The fourth-order valence-electron chi connectivity index (χ4n) is 4.88. The van der Waals surface area contributed by atoms with Crippen LogP contribution in [0.3, 0.4) is 0 Å². The van der Waals surface area contributed by atoms with Crippen LogP contribution in [0.5, 0.6) is 5.75 Å². The summed E-state index contributed by atoms with van der Waals surface area (Å²) >= 11 is 5.66. The standard InChI is InChI=1S/C27H26ClF2N3O4/c28-21-20(29)10-9-17(22(21)30)12-31-26(35)19-14-33-18-8-4-5-11-32(13-18)27(36)23(33)25(24(19)34)37-15-16-6-2-1-3-7-16/h1-3,6-7,9-10,14,18,26,31,35H,4-5,8,11-13,15H2/t18-,26?/m1/s1. The normalized spacial score (nSPS) is 17.8. The Kier molecular flexibility index (Phi) is 7.28. The van der Waals surface area contributed by atoms with Crippen molar-refractivity contribution in [1.29, 1.82) is 0 Å². The number of carbonyl (C=O) groups excluding carboxylic acids is 1. The first-order chi connectivity index (χ1) is 17.8. The molecule has 0 saturated carbocycles. The summed E-state index contributed by atoms with van der Waals surface area (Å²) in [6, 6.07) is 11.4. The maximum Gasteiger partial charge on any atom is 0.274 e. The molecule has 1 saturated heterocycles. The zero-order valence-electron chi connectivity index (χ0n) is 19.9. The first-order valence-electron chi connectivity index (χ1n) is 12.1. The summed E-state index contributed by atoms with van der Waals surface area (Å²) in [6.45, 7) is 0.965. The van der Waals surface area contributed by atoms with Crippen LogP contribution in [-0.2, 0) is 13.2 Å². The van der Waals surface area contributed by atoms with Gasteiger partial charge in [0.1, 0.15) is 29.5 Å². The highest BCUT2D eigenvalue weighted by molar-refractivity contribution is 6.30. The van der Waals surface area contributed by atoms with Crippen LogP contribution in [0.25, 0.3) is 0 Å². The minimum absolute atomic E-state index is 0.0265. The number of hydrogen-bond donors (Lipinski definition) is 2. The number of hydrogen-bond acceptors (Lipinski definition) is 5. The number of fused-ring (bicyclic) bond motifs is 4. The topological polar surface area (TPSA) is 83.8 Å². The van der Waals surface area contributed by atoms with Crippen molar-refractivity contribution in [3.63, 3.8) is 0 Å². The van der Waals surface area contributed by atoms with Crippen molar-refractivity contribution < 1.29 is 23.4 Å². The van der Waals surface area contributed by atoms with Gasteiger partial charge in [-0.1, -0.05) is 48.0 Å². The number of aliphatic hydroxyl groups excluding tert-OH is 1. The third-order valence-corrected chi connectivity index (χ3v) is 7.22. The quantitative estimate of drug-likeness (QED) is 0.352. The van der Waals surface area contributed by atoms with Gasteiger partial charge >= 0.3 is 0 Å². The molecule has 3 heterocycles. The van der Waals surface area contributed by atoms with E-state index in [0.29, 0.717) is 13.1 Å². The van der Waals surface area contributed by atoms with Crippen molar-refractivity contribution in [2.24, 2.45) is 0 Å². The van der Waals surface area contributed by atoms with Gasteiger partial charge in [0.25, 0.3) is 5.91 Å². The van der Waals surface area contributed by atoms with Crippen LogP contribution < -0.4 is 15.5 Å². The Morgan fingerprint density at radius 3 is 2.70 bits per heavy atom. The second kappa shape index (κ2) is 10.6. The third kappa shape index (κ3) is 4.99. The fourth-order valence-corrected chi connectivity index (χ4v) is 5.07. The highest BCUT2D eigenvalue weighted by atomic mass is 35.5. The van der Waals surface area contributed by atoms with Gasteiger partial charge < -0.3 is 19.3 Å². The predicted octanol–water partition coefficient (Wildman–Crippen LogP) is 4.32. The molecule has 0 radical (unpaired) electrons. The maximum atomic E-state index is 14.3. The van der Waals surface area contributed by atoms with Crippen molar-refractivity contribution in [2.45, 2.75) is 44.7 Å². The zero-order valence-corrected chi connectivity index (χ0v) is 20.7. The summed E-state index contributed by atoms with van der Waals surface area (Å²) in [7, 11) is 0. The molecule has 2 atom stereocenters. The Morgan fingerprint density at radius 1 is 1.14 bits per heavy atom. The first kappa shape index (κ1) is 25.4. The largest absolute Gasteiger partial charge is 0.483 e. The molecule has 1 fully saturated rings. The molecule has 1 unspecified atom stereocenters. The Labute approximate surface area is 217 Å². The van der Waals surface area contributed by atoms with Crippen molar-refractivity contribution >= 4 is 17.5 Å². The van der Waals surface area contributed by atoms with Gasteiger partial charge in [-0.2, -0.15) is 0 Å². The number of rotatable bonds is 7. The van der Waals surface area contributed by atoms with Crippen molar-refractivity contribution in [1.82, 2.24) is 14.8 Å². The lowest BCUT2D eigenvalue weighted by Crippen LogP contribution is -2.44. The van der Waals surface area contributed by atoms with Crippen molar-refractivity contribution in [3.05, 3.63) is 97.9 Å². The summed E-state index contributed by atoms with van der Waals surface area (Å²) in [5.74, 6) is -2.24. The Balaban J connectivity index is 1.51. The lowest BCUT2D eigenvalue weighted by molar-refractivity contribution is 0.0671. The molecule has 7 nitrogen and oxygen atoms in total. The highest BCUT2D eigenvalue weighted by Crippen LogP contribution is 2.33. The van der Waals surface area contributed by atoms with Crippen LogP contribution in [0.15, 0.2) is 53.5 Å². The van der Waals surface area contributed by atoms with E-state index in [4.69, 9.17) is 16.3 Å². The smallest absolute Gasteiger partial charge is 0.274 e. The number of pyridine rings is 1. The van der Waals surface area contributed by atoms with Crippen LogP contribution >= 0.6 is 11.6 Å². The monoisotopic (exact) mass is 529 g/mol. The Hall–Kier alpha value is -3.27. The summed E-state index contributed by atoms with van der Waals surface area (Å²) in [5, 5.41) is 13.0. The SMILES string of the molecule is O=C1c2c(OCc3ccccc3)c(=O)c(C(O)NCc3ccc(F)c(Cl)c3F)cn2[C@@H]2CCCCN1C2. The molecule has 5 rings (SSSR count). The van der Waals surface area contributed by atoms with E-state index in [9.17, 15) is 23.5 Å². The maximum absolute atomic E-state index is 14.3. The van der Waals surface area contributed by atoms with Crippen LogP contribution in [0, 0.1) is 11.6 Å². The minimum atomic E-state index is -1.51. The molecule has 2 bridgehead atoms. The number of ether oxygens (including phenoxy) is 1. The van der Waals surface area contributed by atoms with Crippen LogP contribution in [0.1, 0.15) is 58.7 Å². The Morgan fingerprint density at radius 2 is 1.92 bits per heavy atom. The van der Waals surface area contributed by atoms with Gasteiger partial charge in [0.2, 0.25) is 5.43 Å². The van der Waals surface area contributed by atoms with Gasteiger partial charge in [-0.3, -0.25) is 14.9 Å². The summed E-state index contributed by atoms with van der Waals surface area (Å²) in [6.07, 6.45) is 2.57. The number of aromatic nitrogens is 1. The van der Waals surface area contributed by atoms with Crippen LogP contribution in [-0.4, -0.2) is 33.6 Å². The first-order valence-corrected chi connectivity index (χ1v) is 12.5. The molecule has 2 aliphatic heterocycles. The molecule has 2 aromatic carbocycles. The Bertz CT molecular complexity index is 1380. The van der Waals surface area contributed by atoms with Crippen LogP contribution in [0.2, 0.25) is 5.02 Å². The predicted molar refractivity (Wildman–Crippen MR) is 133 cm³/mol. The second-order valence-electron chi connectivity index (χ2n) is 9.29. The number of nitrogens with one attached hydrogen (secondary N) is 1.